The van der Waals surface area contributed by atoms with Crippen LogP contribution in [0.1, 0.15) is 24.2 Å². The minimum Gasteiger partial charge on any atom is -0.392 e. The van der Waals surface area contributed by atoms with E-state index in [1.807, 2.05) is 37.3 Å². The summed E-state index contributed by atoms with van der Waals surface area (Å²) in [7, 11) is 0. The van der Waals surface area contributed by atoms with E-state index in [0.717, 1.165) is 5.56 Å². The first-order valence-corrected chi connectivity index (χ1v) is 8.29. The molecule has 26 heavy (non-hydrogen) atoms. The average molecular weight is 351 g/mol. The minimum absolute atomic E-state index is 0.190. The van der Waals surface area contributed by atoms with Gasteiger partial charge in [0.1, 0.15) is 5.52 Å². The number of benzene rings is 1. The molecule has 0 radical (unpaired) electrons. The van der Waals surface area contributed by atoms with Gasteiger partial charge in [-0.3, -0.25) is 4.79 Å². The molecule has 0 amide bonds. The first-order chi connectivity index (χ1) is 12.7. The van der Waals surface area contributed by atoms with Gasteiger partial charge in [-0.25, -0.2) is 4.52 Å². The van der Waals surface area contributed by atoms with Crippen molar-refractivity contribution in [2.45, 2.75) is 26.5 Å². The fourth-order valence-corrected chi connectivity index (χ4v) is 2.90. The maximum Gasteiger partial charge on any atom is 0.277 e. The molecule has 0 saturated carbocycles. The van der Waals surface area contributed by atoms with E-state index in [2.05, 4.69) is 15.2 Å². The first-order valence-electron chi connectivity index (χ1n) is 8.29. The molecule has 0 aliphatic rings. The third-order valence-corrected chi connectivity index (χ3v) is 4.19. The van der Waals surface area contributed by atoms with E-state index in [-0.39, 0.29) is 18.7 Å². The Morgan fingerprint density at radius 1 is 1.19 bits per heavy atom. The van der Waals surface area contributed by atoms with Crippen LogP contribution in [0.4, 0.5) is 0 Å². The van der Waals surface area contributed by atoms with Gasteiger partial charge >= 0.3 is 0 Å². The molecular weight excluding hydrogens is 334 g/mol. The topological polar surface area (TPSA) is 98.5 Å². The van der Waals surface area contributed by atoms with Gasteiger partial charge < -0.3 is 14.2 Å². The Morgan fingerprint density at radius 2 is 2.00 bits per heavy atom. The van der Waals surface area contributed by atoms with E-state index >= 15 is 0 Å². The lowest BCUT2D eigenvalue weighted by Gasteiger charge is -2.03. The van der Waals surface area contributed by atoms with Crippen molar-refractivity contribution in [2.75, 3.05) is 0 Å². The number of aryl methyl sites for hydroxylation is 1. The Labute approximate surface area is 148 Å². The monoisotopic (exact) mass is 351 g/mol. The number of nitrogens with zero attached hydrogens (tertiary/aromatic N) is 5. The van der Waals surface area contributed by atoms with E-state index in [4.69, 9.17) is 4.52 Å². The van der Waals surface area contributed by atoms with Crippen molar-refractivity contribution in [2.24, 2.45) is 0 Å². The molecule has 8 heteroatoms. The number of fused-ring (bicyclic) bond motifs is 1. The van der Waals surface area contributed by atoms with Crippen LogP contribution in [0.3, 0.4) is 0 Å². The van der Waals surface area contributed by atoms with Crippen LogP contribution in [0.5, 0.6) is 0 Å². The van der Waals surface area contributed by atoms with Crippen LogP contribution in [0.15, 0.2) is 52.0 Å². The van der Waals surface area contributed by atoms with Crippen molar-refractivity contribution < 1.29 is 9.63 Å². The molecule has 132 valence electrons. The molecule has 0 unspecified atom stereocenters. The van der Waals surface area contributed by atoms with Crippen LogP contribution < -0.4 is 5.56 Å². The van der Waals surface area contributed by atoms with Gasteiger partial charge in [0.15, 0.2) is 5.82 Å². The van der Waals surface area contributed by atoms with Crippen molar-refractivity contribution in [3.05, 3.63) is 70.4 Å². The van der Waals surface area contributed by atoms with Gasteiger partial charge in [-0.15, -0.1) is 0 Å². The molecule has 4 rings (SSSR count). The number of aliphatic hydroxyl groups is 1. The standard InChI is InChI=1S/C18H17N5O3/c1-2-15-19-14(21-26-15)10-22-8-9-23-17(18(22)25)13(11-24)16(20-23)12-6-4-3-5-7-12/h3-9,24H,2,10-11H2,1H3. The summed E-state index contributed by atoms with van der Waals surface area (Å²) in [5, 5.41) is 18.2. The first kappa shape index (κ1) is 16.2. The highest BCUT2D eigenvalue weighted by Crippen LogP contribution is 2.24. The predicted octanol–water partition coefficient (Wildman–Crippen LogP) is 1.65. The molecule has 1 aromatic carbocycles. The quantitative estimate of drug-likeness (QED) is 0.587. The average Bonchev–Trinajstić information content (AvgIpc) is 3.29. The van der Waals surface area contributed by atoms with Gasteiger partial charge in [0.05, 0.1) is 18.8 Å². The van der Waals surface area contributed by atoms with Crippen LogP contribution >= 0.6 is 0 Å². The van der Waals surface area contributed by atoms with Crippen LogP contribution in [-0.2, 0) is 19.6 Å². The SMILES string of the molecule is CCc1nc(Cn2ccn3nc(-c4ccccc4)c(CO)c3c2=O)no1. The summed E-state index contributed by atoms with van der Waals surface area (Å²) in [5.74, 6) is 0.961. The second-order valence-electron chi connectivity index (χ2n) is 5.83. The summed E-state index contributed by atoms with van der Waals surface area (Å²) in [6, 6.07) is 9.47. The predicted molar refractivity (Wildman–Crippen MR) is 93.6 cm³/mol. The van der Waals surface area contributed by atoms with Crippen molar-refractivity contribution in [1.82, 2.24) is 24.3 Å². The van der Waals surface area contributed by atoms with Gasteiger partial charge in [-0.2, -0.15) is 10.1 Å². The molecule has 0 aliphatic carbocycles. The molecule has 0 spiro atoms. The molecule has 4 aromatic rings. The van der Waals surface area contributed by atoms with Gasteiger partial charge in [-0.05, 0) is 0 Å². The Hall–Kier alpha value is -3.26. The van der Waals surface area contributed by atoms with E-state index in [9.17, 15) is 9.90 Å². The second kappa shape index (κ2) is 6.57. The van der Waals surface area contributed by atoms with E-state index in [0.29, 0.717) is 34.9 Å². The van der Waals surface area contributed by atoms with Crippen molar-refractivity contribution in [1.29, 1.82) is 0 Å². The molecule has 0 fully saturated rings. The maximum atomic E-state index is 12.9. The molecule has 0 atom stereocenters. The van der Waals surface area contributed by atoms with Crippen molar-refractivity contribution >= 4 is 5.52 Å². The lowest BCUT2D eigenvalue weighted by Crippen LogP contribution is -2.23. The zero-order valence-electron chi connectivity index (χ0n) is 14.2. The van der Waals surface area contributed by atoms with Crippen LogP contribution in [0.2, 0.25) is 0 Å². The van der Waals surface area contributed by atoms with Gasteiger partial charge in [0.2, 0.25) is 5.89 Å². The van der Waals surface area contributed by atoms with E-state index < -0.39 is 0 Å². The van der Waals surface area contributed by atoms with E-state index in [1.165, 1.54) is 9.08 Å². The van der Waals surface area contributed by atoms with Crippen molar-refractivity contribution in [3.63, 3.8) is 0 Å². The second-order valence-corrected chi connectivity index (χ2v) is 5.83. The largest absolute Gasteiger partial charge is 0.392 e. The molecule has 0 bridgehead atoms. The van der Waals surface area contributed by atoms with Crippen molar-refractivity contribution in [3.8, 4) is 11.3 Å². The Kier molecular flexibility index (Phi) is 4.10. The number of aliphatic hydroxyl groups excluding tert-OH is 1. The summed E-state index contributed by atoms with van der Waals surface area (Å²) in [6.45, 7) is 1.82. The van der Waals surface area contributed by atoms with Crippen LogP contribution in [0, 0.1) is 0 Å². The molecular formula is C18H17N5O3. The molecule has 0 aliphatic heterocycles. The van der Waals surface area contributed by atoms with Gasteiger partial charge in [0, 0.05) is 29.9 Å². The third-order valence-electron chi connectivity index (χ3n) is 4.19. The molecule has 0 saturated heterocycles. The lowest BCUT2D eigenvalue weighted by molar-refractivity contribution is 0.283. The normalized spacial score (nSPS) is 11.3. The van der Waals surface area contributed by atoms with Gasteiger partial charge in [-0.1, -0.05) is 42.4 Å². The number of hydrogen-bond acceptors (Lipinski definition) is 6. The maximum absolute atomic E-state index is 12.9. The summed E-state index contributed by atoms with van der Waals surface area (Å²) in [5.41, 5.74) is 2.01. The molecule has 1 N–H and O–H groups in total. The number of aromatic nitrogens is 5. The summed E-state index contributed by atoms with van der Waals surface area (Å²) < 4.78 is 8.07. The smallest absolute Gasteiger partial charge is 0.277 e. The Balaban J connectivity index is 1.83. The molecule has 3 aromatic heterocycles. The minimum atomic E-state index is -0.283. The molecule has 8 nitrogen and oxygen atoms in total. The highest BCUT2D eigenvalue weighted by atomic mass is 16.5. The van der Waals surface area contributed by atoms with Crippen LogP contribution in [-0.4, -0.2) is 29.4 Å². The lowest BCUT2D eigenvalue weighted by atomic mass is 10.1. The van der Waals surface area contributed by atoms with Crippen LogP contribution in [0.25, 0.3) is 16.8 Å². The number of rotatable bonds is 5. The zero-order valence-corrected chi connectivity index (χ0v) is 14.2. The summed E-state index contributed by atoms with van der Waals surface area (Å²) in [6.07, 6.45) is 3.95. The fourth-order valence-electron chi connectivity index (χ4n) is 2.90. The van der Waals surface area contributed by atoms with E-state index in [1.54, 1.807) is 12.4 Å². The highest BCUT2D eigenvalue weighted by Gasteiger charge is 2.18. The van der Waals surface area contributed by atoms with Gasteiger partial charge in [0.25, 0.3) is 5.56 Å². The third kappa shape index (κ3) is 2.70. The molecule has 3 heterocycles. The Morgan fingerprint density at radius 3 is 2.69 bits per heavy atom. The zero-order chi connectivity index (χ0) is 18.1. The summed E-state index contributed by atoms with van der Waals surface area (Å²) >= 11 is 0. The Bertz CT molecular complexity index is 1110. The summed E-state index contributed by atoms with van der Waals surface area (Å²) in [4.78, 5) is 17.2. The number of hydrogen-bond donors (Lipinski definition) is 1. The highest BCUT2D eigenvalue weighted by molar-refractivity contribution is 5.72. The fraction of sp³-hybridized carbons (Fsp3) is 0.222.